The quantitative estimate of drug-likeness (QED) is 0.794. The van der Waals surface area contributed by atoms with Crippen LogP contribution < -0.4 is 9.64 Å². The summed E-state index contributed by atoms with van der Waals surface area (Å²) < 4.78 is 5.11. The molecule has 18 heavy (non-hydrogen) atoms. The molecule has 0 atom stereocenters. The van der Waals surface area contributed by atoms with E-state index in [1.165, 1.54) is 11.3 Å². The van der Waals surface area contributed by atoms with Crippen molar-refractivity contribution in [3.8, 4) is 5.75 Å². The predicted octanol–water partition coefficient (Wildman–Crippen LogP) is 3.12. The third-order valence-electron chi connectivity index (χ3n) is 2.59. The van der Waals surface area contributed by atoms with E-state index in [1.807, 2.05) is 36.2 Å². The Hall–Kier alpha value is -1.88. The highest BCUT2D eigenvalue weighted by Crippen LogP contribution is 2.29. The van der Waals surface area contributed by atoms with Gasteiger partial charge in [0, 0.05) is 19.7 Å². The molecule has 0 N–H and O–H groups in total. The SMILES string of the molecule is COc1ccc(N(C)c2ncc(C(C)=O)s2)cc1. The summed E-state index contributed by atoms with van der Waals surface area (Å²) in [5.74, 6) is 0.859. The zero-order valence-corrected chi connectivity index (χ0v) is 11.3. The number of methoxy groups -OCH3 is 1. The van der Waals surface area contributed by atoms with E-state index in [4.69, 9.17) is 4.74 Å². The molecule has 0 amide bonds. The largest absolute Gasteiger partial charge is 0.497 e. The molecule has 0 radical (unpaired) electrons. The van der Waals surface area contributed by atoms with Gasteiger partial charge in [0.1, 0.15) is 5.75 Å². The number of nitrogens with zero attached hydrogens (tertiary/aromatic N) is 2. The summed E-state index contributed by atoms with van der Waals surface area (Å²) in [7, 11) is 3.56. The molecule has 1 aromatic heterocycles. The number of aromatic nitrogens is 1. The maximum absolute atomic E-state index is 11.2. The number of carbonyl (C=O) groups is 1. The van der Waals surface area contributed by atoms with Crippen LogP contribution in [0.15, 0.2) is 30.5 Å². The summed E-state index contributed by atoms with van der Waals surface area (Å²) in [5, 5.41) is 0.797. The molecule has 0 unspecified atom stereocenters. The standard InChI is InChI=1S/C13H14N2O2S/c1-9(16)12-8-14-13(18-12)15(2)10-4-6-11(17-3)7-5-10/h4-8H,1-3H3. The number of anilines is 2. The van der Waals surface area contributed by atoms with Crippen LogP contribution >= 0.6 is 11.3 Å². The monoisotopic (exact) mass is 262 g/mol. The van der Waals surface area contributed by atoms with E-state index in [0.717, 1.165) is 16.6 Å². The van der Waals surface area contributed by atoms with Gasteiger partial charge in [-0.2, -0.15) is 0 Å². The minimum atomic E-state index is 0.0434. The average molecular weight is 262 g/mol. The van der Waals surface area contributed by atoms with E-state index in [-0.39, 0.29) is 5.78 Å². The van der Waals surface area contributed by atoms with Gasteiger partial charge < -0.3 is 9.64 Å². The molecule has 0 bridgehead atoms. The zero-order chi connectivity index (χ0) is 13.1. The molecule has 1 heterocycles. The van der Waals surface area contributed by atoms with E-state index in [0.29, 0.717) is 4.88 Å². The highest BCUT2D eigenvalue weighted by molar-refractivity contribution is 7.17. The molecule has 1 aromatic carbocycles. The van der Waals surface area contributed by atoms with Crippen molar-refractivity contribution >= 4 is 27.9 Å². The van der Waals surface area contributed by atoms with Crippen LogP contribution in [0.1, 0.15) is 16.6 Å². The van der Waals surface area contributed by atoms with Crippen molar-refractivity contribution in [2.75, 3.05) is 19.1 Å². The van der Waals surface area contributed by atoms with Crippen LogP contribution in [0.25, 0.3) is 0 Å². The van der Waals surface area contributed by atoms with Crippen LogP contribution in [0.3, 0.4) is 0 Å². The molecule has 2 rings (SSSR count). The minimum absolute atomic E-state index is 0.0434. The molecule has 0 aliphatic carbocycles. The van der Waals surface area contributed by atoms with Gasteiger partial charge in [-0.1, -0.05) is 11.3 Å². The topological polar surface area (TPSA) is 42.4 Å². The molecule has 0 spiro atoms. The number of ether oxygens (including phenoxy) is 1. The fourth-order valence-electron chi connectivity index (χ4n) is 1.50. The van der Waals surface area contributed by atoms with Gasteiger partial charge in [0.25, 0.3) is 0 Å². The van der Waals surface area contributed by atoms with Crippen molar-refractivity contribution in [1.29, 1.82) is 0 Å². The molecule has 2 aromatic rings. The Morgan fingerprint density at radius 3 is 2.50 bits per heavy atom. The van der Waals surface area contributed by atoms with Gasteiger partial charge in [-0.3, -0.25) is 4.79 Å². The molecular weight excluding hydrogens is 248 g/mol. The Kier molecular flexibility index (Phi) is 3.62. The summed E-state index contributed by atoms with van der Waals surface area (Å²) >= 11 is 1.39. The predicted molar refractivity (Wildman–Crippen MR) is 73.2 cm³/mol. The highest BCUT2D eigenvalue weighted by Gasteiger charge is 2.11. The van der Waals surface area contributed by atoms with Crippen LogP contribution in [-0.4, -0.2) is 24.9 Å². The van der Waals surface area contributed by atoms with Gasteiger partial charge in [-0.25, -0.2) is 4.98 Å². The molecule has 94 valence electrons. The molecule has 0 saturated heterocycles. The third-order valence-corrected chi connectivity index (χ3v) is 3.76. The number of hydrogen-bond donors (Lipinski definition) is 0. The van der Waals surface area contributed by atoms with Gasteiger partial charge in [0.05, 0.1) is 18.2 Å². The minimum Gasteiger partial charge on any atom is -0.497 e. The number of thiazole rings is 1. The molecule has 0 aliphatic heterocycles. The fraction of sp³-hybridized carbons (Fsp3) is 0.231. The maximum atomic E-state index is 11.2. The van der Waals surface area contributed by atoms with Gasteiger partial charge in [0.2, 0.25) is 0 Å². The number of carbonyl (C=O) groups excluding carboxylic acids is 1. The fourth-order valence-corrected chi connectivity index (χ4v) is 2.29. The van der Waals surface area contributed by atoms with Crippen molar-refractivity contribution in [2.24, 2.45) is 0 Å². The first-order chi connectivity index (χ1) is 8.61. The number of hydrogen-bond acceptors (Lipinski definition) is 5. The lowest BCUT2D eigenvalue weighted by Crippen LogP contribution is -2.08. The van der Waals surface area contributed by atoms with Crippen molar-refractivity contribution in [3.05, 3.63) is 35.3 Å². The van der Waals surface area contributed by atoms with E-state index in [1.54, 1.807) is 20.2 Å². The first kappa shape index (κ1) is 12.6. The van der Waals surface area contributed by atoms with Gasteiger partial charge in [-0.05, 0) is 24.3 Å². The molecule has 0 fully saturated rings. The summed E-state index contributed by atoms with van der Waals surface area (Å²) in [6.07, 6.45) is 1.61. The maximum Gasteiger partial charge on any atom is 0.190 e. The summed E-state index contributed by atoms with van der Waals surface area (Å²) in [6.45, 7) is 1.55. The first-order valence-electron chi connectivity index (χ1n) is 5.46. The van der Waals surface area contributed by atoms with Crippen molar-refractivity contribution in [2.45, 2.75) is 6.92 Å². The van der Waals surface area contributed by atoms with Crippen LogP contribution in [0.5, 0.6) is 5.75 Å². The summed E-state index contributed by atoms with van der Waals surface area (Å²) in [4.78, 5) is 18.1. The smallest absolute Gasteiger partial charge is 0.190 e. The second-order valence-corrected chi connectivity index (χ2v) is 4.83. The van der Waals surface area contributed by atoms with Gasteiger partial charge in [-0.15, -0.1) is 0 Å². The number of rotatable bonds is 4. The molecular formula is C13H14N2O2S. The lowest BCUT2D eigenvalue weighted by Gasteiger charge is -2.15. The van der Waals surface area contributed by atoms with E-state index < -0.39 is 0 Å². The van der Waals surface area contributed by atoms with E-state index in [2.05, 4.69) is 4.98 Å². The van der Waals surface area contributed by atoms with E-state index in [9.17, 15) is 4.79 Å². The average Bonchev–Trinajstić information content (AvgIpc) is 2.88. The lowest BCUT2D eigenvalue weighted by molar-refractivity contribution is 0.102. The Labute approximate surface area is 110 Å². The number of ketones is 1. The molecule has 0 saturated carbocycles. The second-order valence-electron chi connectivity index (χ2n) is 3.82. The lowest BCUT2D eigenvalue weighted by atomic mass is 10.3. The van der Waals surface area contributed by atoms with Crippen LogP contribution in [0, 0.1) is 0 Å². The Bertz CT molecular complexity index is 548. The van der Waals surface area contributed by atoms with Crippen molar-refractivity contribution in [3.63, 3.8) is 0 Å². The third kappa shape index (κ3) is 2.51. The van der Waals surface area contributed by atoms with Gasteiger partial charge >= 0.3 is 0 Å². The van der Waals surface area contributed by atoms with Crippen molar-refractivity contribution in [1.82, 2.24) is 4.98 Å². The normalized spacial score (nSPS) is 10.2. The van der Waals surface area contributed by atoms with E-state index >= 15 is 0 Å². The Morgan fingerprint density at radius 1 is 1.33 bits per heavy atom. The van der Waals surface area contributed by atoms with Crippen molar-refractivity contribution < 1.29 is 9.53 Å². The first-order valence-corrected chi connectivity index (χ1v) is 6.28. The summed E-state index contributed by atoms with van der Waals surface area (Å²) in [5.41, 5.74) is 1.00. The molecule has 5 heteroatoms. The molecule has 4 nitrogen and oxygen atoms in total. The molecule has 0 aliphatic rings. The van der Waals surface area contributed by atoms with Crippen LogP contribution in [0.4, 0.5) is 10.8 Å². The van der Waals surface area contributed by atoms with Crippen LogP contribution in [-0.2, 0) is 0 Å². The summed E-state index contributed by atoms with van der Waals surface area (Å²) in [6, 6.07) is 7.69. The highest BCUT2D eigenvalue weighted by atomic mass is 32.1. The van der Waals surface area contributed by atoms with Gasteiger partial charge in [0.15, 0.2) is 10.9 Å². The number of benzene rings is 1. The Morgan fingerprint density at radius 2 is 2.00 bits per heavy atom. The van der Waals surface area contributed by atoms with Crippen LogP contribution in [0.2, 0.25) is 0 Å². The number of Topliss-reactive ketones (excluding diaryl/α,β-unsaturated/α-hetero) is 1. The second kappa shape index (κ2) is 5.18. The Balaban J connectivity index is 2.23. The zero-order valence-electron chi connectivity index (χ0n) is 10.5.